The smallest absolute Gasteiger partial charge is 0.225 e. The molecule has 0 spiro atoms. The van der Waals surface area contributed by atoms with Crippen molar-refractivity contribution in [2.75, 3.05) is 26.2 Å². The Hall–Kier alpha value is -1.10. The van der Waals surface area contributed by atoms with Gasteiger partial charge in [-0.05, 0) is 38.5 Å². The van der Waals surface area contributed by atoms with E-state index in [0.29, 0.717) is 31.3 Å². The molecule has 0 bridgehead atoms. The van der Waals surface area contributed by atoms with E-state index in [2.05, 4.69) is 6.92 Å². The first-order valence-corrected chi connectivity index (χ1v) is 8.29. The fourth-order valence-electron chi connectivity index (χ4n) is 3.43. The van der Waals surface area contributed by atoms with Crippen molar-refractivity contribution < 1.29 is 9.59 Å². The summed E-state index contributed by atoms with van der Waals surface area (Å²) in [6.45, 7) is 7.28. The molecule has 120 valence electrons. The van der Waals surface area contributed by atoms with Gasteiger partial charge in [-0.3, -0.25) is 9.59 Å². The van der Waals surface area contributed by atoms with Crippen LogP contribution in [-0.4, -0.2) is 53.8 Å². The van der Waals surface area contributed by atoms with Crippen molar-refractivity contribution in [2.24, 2.45) is 17.6 Å². The van der Waals surface area contributed by atoms with Crippen LogP contribution in [0.5, 0.6) is 0 Å². The first kappa shape index (κ1) is 16.3. The van der Waals surface area contributed by atoms with Gasteiger partial charge in [0.25, 0.3) is 0 Å². The number of piperidine rings is 2. The fourth-order valence-corrected chi connectivity index (χ4v) is 3.43. The quantitative estimate of drug-likeness (QED) is 0.851. The van der Waals surface area contributed by atoms with Crippen LogP contribution in [0.4, 0.5) is 0 Å². The second-order valence-corrected chi connectivity index (χ2v) is 6.87. The van der Waals surface area contributed by atoms with Gasteiger partial charge in [0.2, 0.25) is 11.8 Å². The monoisotopic (exact) mass is 295 g/mol. The van der Waals surface area contributed by atoms with E-state index in [1.807, 2.05) is 16.7 Å². The Labute approximate surface area is 127 Å². The molecule has 0 saturated carbocycles. The van der Waals surface area contributed by atoms with E-state index in [4.69, 9.17) is 5.73 Å². The van der Waals surface area contributed by atoms with E-state index < -0.39 is 0 Å². The van der Waals surface area contributed by atoms with E-state index in [1.165, 1.54) is 6.42 Å². The SMILES string of the molecule is CC(N)CC(=O)N1CCC(C(=O)N2CCCC(C)C2)CC1. The number of nitrogens with two attached hydrogens (primary N) is 1. The lowest BCUT2D eigenvalue weighted by Gasteiger charge is -2.37. The molecule has 0 aromatic heterocycles. The average molecular weight is 295 g/mol. The van der Waals surface area contributed by atoms with Gasteiger partial charge >= 0.3 is 0 Å². The zero-order valence-electron chi connectivity index (χ0n) is 13.4. The van der Waals surface area contributed by atoms with Crippen molar-refractivity contribution in [3.63, 3.8) is 0 Å². The van der Waals surface area contributed by atoms with Crippen LogP contribution in [0.15, 0.2) is 0 Å². The van der Waals surface area contributed by atoms with Gasteiger partial charge in [0.1, 0.15) is 0 Å². The van der Waals surface area contributed by atoms with Crippen molar-refractivity contribution in [3.05, 3.63) is 0 Å². The van der Waals surface area contributed by atoms with Crippen molar-refractivity contribution in [1.29, 1.82) is 0 Å². The average Bonchev–Trinajstić information content (AvgIpc) is 2.46. The minimum Gasteiger partial charge on any atom is -0.343 e. The van der Waals surface area contributed by atoms with Crippen LogP contribution in [0.3, 0.4) is 0 Å². The molecule has 2 saturated heterocycles. The summed E-state index contributed by atoms with van der Waals surface area (Å²) in [5.74, 6) is 1.16. The Balaban J connectivity index is 1.80. The molecule has 5 nitrogen and oxygen atoms in total. The van der Waals surface area contributed by atoms with Crippen LogP contribution < -0.4 is 5.73 Å². The standard InChI is InChI=1S/C16H29N3O2/c1-12-4-3-7-19(11-12)16(21)14-5-8-18(9-6-14)15(20)10-13(2)17/h12-14H,3-11,17H2,1-2H3. The molecule has 2 aliphatic rings. The topological polar surface area (TPSA) is 66.6 Å². The van der Waals surface area contributed by atoms with Crippen LogP contribution in [0.1, 0.15) is 46.0 Å². The summed E-state index contributed by atoms with van der Waals surface area (Å²) in [7, 11) is 0. The fraction of sp³-hybridized carbons (Fsp3) is 0.875. The molecule has 0 radical (unpaired) electrons. The Kier molecular flexibility index (Phi) is 5.62. The van der Waals surface area contributed by atoms with E-state index in [-0.39, 0.29) is 17.9 Å². The van der Waals surface area contributed by atoms with Crippen molar-refractivity contribution in [2.45, 2.75) is 52.0 Å². The molecule has 2 N–H and O–H groups in total. The van der Waals surface area contributed by atoms with Crippen LogP contribution in [0, 0.1) is 11.8 Å². The second-order valence-electron chi connectivity index (χ2n) is 6.87. The zero-order valence-corrected chi connectivity index (χ0v) is 13.4. The zero-order chi connectivity index (χ0) is 15.4. The third-order valence-corrected chi connectivity index (χ3v) is 4.66. The first-order chi connectivity index (χ1) is 9.97. The van der Waals surface area contributed by atoms with Crippen LogP contribution in [-0.2, 0) is 9.59 Å². The van der Waals surface area contributed by atoms with Gasteiger partial charge < -0.3 is 15.5 Å². The van der Waals surface area contributed by atoms with Gasteiger partial charge in [0.15, 0.2) is 0 Å². The number of hydrogen-bond donors (Lipinski definition) is 1. The summed E-state index contributed by atoms with van der Waals surface area (Å²) >= 11 is 0. The van der Waals surface area contributed by atoms with Crippen LogP contribution in [0.2, 0.25) is 0 Å². The molecule has 2 heterocycles. The third-order valence-electron chi connectivity index (χ3n) is 4.66. The lowest BCUT2D eigenvalue weighted by Crippen LogP contribution is -2.47. The largest absolute Gasteiger partial charge is 0.343 e. The van der Waals surface area contributed by atoms with Crippen molar-refractivity contribution in [1.82, 2.24) is 9.80 Å². The highest BCUT2D eigenvalue weighted by Gasteiger charge is 2.31. The number of likely N-dealkylation sites (tertiary alicyclic amines) is 2. The van der Waals surface area contributed by atoms with Gasteiger partial charge in [0, 0.05) is 44.6 Å². The molecule has 2 fully saturated rings. The predicted molar refractivity (Wildman–Crippen MR) is 82.5 cm³/mol. The molecule has 2 aliphatic heterocycles. The second kappa shape index (κ2) is 7.25. The molecule has 0 aromatic carbocycles. The van der Waals surface area contributed by atoms with E-state index in [0.717, 1.165) is 32.4 Å². The molecule has 0 aromatic rings. The maximum atomic E-state index is 12.6. The lowest BCUT2D eigenvalue weighted by molar-refractivity contribution is -0.142. The number of rotatable bonds is 3. The molecule has 2 rings (SSSR count). The molecule has 2 atom stereocenters. The molecule has 2 unspecified atom stereocenters. The summed E-state index contributed by atoms with van der Waals surface area (Å²) in [6.07, 6.45) is 4.36. The van der Waals surface area contributed by atoms with Gasteiger partial charge in [-0.2, -0.15) is 0 Å². The Morgan fingerprint density at radius 3 is 2.38 bits per heavy atom. The summed E-state index contributed by atoms with van der Waals surface area (Å²) in [6, 6.07) is -0.0910. The van der Waals surface area contributed by atoms with Gasteiger partial charge in [0.05, 0.1) is 0 Å². The highest BCUT2D eigenvalue weighted by atomic mass is 16.2. The highest BCUT2D eigenvalue weighted by Crippen LogP contribution is 2.23. The van der Waals surface area contributed by atoms with E-state index >= 15 is 0 Å². The summed E-state index contributed by atoms with van der Waals surface area (Å²) in [4.78, 5) is 28.4. The number of amides is 2. The molecule has 0 aliphatic carbocycles. The molecular weight excluding hydrogens is 266 g/mol. The number of hydrogen-bond acceptors (Lipinski definition) is 3. The lowest BCUT2D eigenvalue weighted by atomic mass is 9.92. The molecule has 5 heteroatoms. The summed E-state index contributed by atoms with van der Waals surface area (Å²) in [5.41, 5.74) is 5.68. The van der Waals surface area contributed by atoms with E-state index in [9.17, 15) is 9.59 Å². The summed E-state index contributed by atoms with van der Waals surface area (Å²) < 4.78 is 0. The van der Waals surface area contributed by atoms with Gasteiger partial charge in [-0.15, -0.1) is 0 Å². The molecule has 21 heavy (non-hydrogen) atoms. The maximum Gasteiger partial charge on any atom is 0.225 e. The number of carbonyl (C=O) groups is 2. The van der Waals surface area contributed by atoms with Crippen molar-refractivity contribution in [3.8, 4) is 0 Å². The highest BCUT2D eigenvalue weighted by molar-refractivity contribution is 5.80. The van der Waals surface area contributed by atoms with Gasteiger partial charge in [-0.1, -0.05) is 6.92 Å². The predicted octanol–water partition coefficient (Wildman–Crippen LogP) is 1.22. The first-order valence-electron chi connectivity index (χ1n) is 8.29. The van der Waals surface area contributed by atoms with Crippen LogP contribution in [0.25, 0.3) is 0 Å². The number of carbonyl (C=O) groups excluding carboxylic acids is 2. The van der Waals surface area contributed by atoms with Crippen LogP contribution >= 0.6 is 0 Å². The Morgan fingerprint density at radius 2 is 1.81 bits per heavy atom. The molecule has 2 amide bonds. The number of nitrogens with zero attached hydrogens (tertiary/aromatic N) is 2. The normalized spacial score (nSPS) is 25.8. The van der Waals surface area contributed by atoms with Gasteiger partial charge in [-0.25, -0.2) is 0 Å². The maximum absolute atomic E-state index is 12.6. The minimum atomic E-state index is -0.0910. The Morgan fingerprint density at radius 1 is 1.14 bits per heavy atom. The third kappa shape index (κ3) is 4.43. The molecular formula is C16H29N3O2. The van der Waals surface area contributed by atoms with Crippen molar-refractivity contribution >= 4 is 11.8 Å². The summed E-state index contributed by atoms with van der Waals surface area (Å²) in [5, 5.41) is 0. The minimum absolute atomic E-state index is 0.0910. The Bertz CT molecular complexity index is 376. The van der Waals surface area contributed by atoms with E-state index in [1.54, 1.807) is 0 Å².